The highest BCUT2D eigenvalue weighted by atomic mass is 16.4. The Balaban J connectivity index is 3.00. The zero-order valence-electron chi connectivity index (χ0n) is 20.0. The SMILES string of the molecule is NC(N)=NCCCC(NC(=O)C(N)Cc1ccccc1)C(=O)NC(CC(=O)O)C(=O)NC(CO)C(=O)O. The number of hydrogen-bond donors (Lipinski definition) is 9. The van der Waals surface area contributed by atoms with Crippen molar-refractivity contribution in [3.05, 3.63) is 35.9 Å². The molecule has 37 heavy (non-hydrogen) atoms. The number of carboxylic acid groups (broad SMARTS) is 2. The lowest BCUT2D eigenvalue weighted by molar-refractivity contribution is -0.144. The fourth-order valence-corrected chi connectivity index (χ4v) is 3.13. The van der Waals surface area contributed by atoms with Crippen molar-refractivity contribution >= 4 is 35.6 Å². The van der Waals surface area contributed by atoms with E-state index in [0.717, 1.165) is 5.56 Å². The van der Waals surface area contributed by atoms with Crippen LogP contribution in [0, 0.1) is 0 Å². The first-order valence-electron chi connectivity index (χ1n) is 11.3. The Kier molecular flexibility index (Phi) is 13.1. The molecule has 1 aromatic carbocycles. The summed E-state index contributed by atoms with van der Waals surface area (Å²) in [6, 6.07) is 3.22. The molecule has 1 rings (SSSR count). The third-order valence-corrected chi connectivity index (χ3v) is 5.02. The molecular weight excluding hydrogens is 490 g/mol. The summed E-state index contributed by atoms with van der Waals surface area (Å²) in [6.07, 6.45) is -0.484. The van der Waals surface area contributed by atoms with Gasteiger partial charge in [-0.3, -0.25) is 24.2 Å². The van der Waals surface area contributed by atoms with Gasteiger partial charge in [0.15, 0.2) is 5.96 Å². The predicted octanol–water partition coefficient (Wildman–Crippen LogP) is -3.38. The van der Waals surface area contributed by atoms with Gasteiger partial charge in [-0.1, -0.05) is 30.3 Å². The van der Waals surface area contributed by atoms with Crippen LogP contribution < -0.4 is 33.2 Å². The Bertz CT molecular complexity index is 969. The van der Waals surface area contributed by atoms with Crippen LogP contribution in [0.1, 0.15) is 24.8 Å². The number of aliphatic hydroxyl groups excluding tert-OH is 1. The smallest absolute Gasteiger partial charge is 0.328 e. The zero-order chi connectivity index (χ0) is 28.0. The summed E-state index contributed by atoms with van der Waals surface area (Å²) < 4.78 is 0. The fourth-order valence-electron chi connectivity index (χ4n) is 3.13. The van der Waals surface area contributed by atoms with Gasteiger partial charge in [-0.05, 0) is 24.8 Å². The van der Waals surface area contributed by atoms with Crippen molar-refractivity contribution in [2.45, 2.75) is 49.9 Å². The molecule has 4 atom stereocenters. The number of carbonyl (C=O) groups excluding carboxylic acids is 3. The molecule has 0 fully saturated rings. The van der Waals surface area contributed by atoms with Crippen LogP contribution in [0.2, 0.25) is 0 Å². The first-order valence-corrected chi connectivity index (χ1v) is 11.3. The van der Waals surface area contributed by atoms with E-state index in [4.69, 9.17) is 32.5 Å². The van der Waals surface area contributed by atoms with E-state index in [1.807, 2.05) is 5.32 Å². The van der Waals surface area contributed by atoms with Gasteiger partial charge >= 0.3 is 11.9 Å². The molecule has 12 N–H and O–H groups in total. The number of aliphatic hydroxyl groups is 1. The van der Waals surface area contributed by atoms with Gasteiger partial charge in [0.25, 0.3) is 0 Å². The van der Waals surface area contributed by atoms with Crippen molar-refractivity contribution in [3.8, 4) is 0 Å². The van der Waals surface area contributed by atoms with E-state index in [9.17, 15) is 24.0 Å². The summed E-state index contributed by atoms with van der Waals surface area (Å²) in [7, 11) is 0. The second kappa shape index (κ2) is 15.7. The second-order valence-electron chi connectivity index (χ2n) is 8.05. The molecule has 204 valence electrons. The molecular formula is C22H33N7O8. The molecule has 3 amide bonds. The van der Waals surface area contributed by atoms with Crippen LogP contribution in [-0.4, -0.2) is 88.3 Å². The molecule has 0 heterocycles. The summed E-state index contributed by atoms with van der Waals surface area (Å²) in [5, 5.41) is 33.9. The number of carbonyl (C=O) groups is 5. The molecule has 0 saturated carbocycles. The van der Waals surface area contributed by atoms with Crippen LogP contribution >= 0.6 is 0 Å². The summed E-state index contributed by atoms with van der Waals surface area (Å²) in [6.45, 7) is -0.842. The number of guanidine groups is 1. The van der Waals surface area contributed by atoms with Gasteiger partial charge in [0, 0.05) is 6.54 Å². The molecule has 15 heteroatoms. The summed E-state index contributed by atoms with van der Waals surface area (Å²) in [4.78, 5) is 64.3. The Morgan fingerprint density at radius 3 is 1.97 bits per heavy atom. The van der Waals surface area contributed by atoms with E-state index < -0.39 is 66.9 Å². The van der Waals surface area contributed by atoms with Crippen molar-refractivity contribution in [3.63, 3.8) is 0 Å². The van der Waals surface area contributed by atoms with Crippen molar-refractivity contribution in [2.24, 2.45) is 22.2 Å². The monoisotopic (exact) mass is 523 g/mol. The number of amides is 3. The van der Waals surface area contributed by atoms with Gasteiger partial charge in [-0.2, -0.15) is 0 Å². The fraction of sp³-hybridized carbons (Fsp3) is 0.455. The van der Waals surface area contributed by atoms with E-state index in [2.05, 4.69) is 15.6 Å². The van der Waals surface area contributed by atoms with Crippen LogP contribution in [0.4, 0.5) is 0 Å². The molecule has 1 aromatic rings. The number of nitrogens with zero attached hydrogens (tertiary/aromatic N) is 1. The Hall–Kier alpha value is -4.24. The quantitative estimate of drug-likeness (QED) is 0.0585. The maximum atomic E-state index is 13.0. The maximum absolute atomic E-state index is 13.0. The van der Waals surface area contributed by atoms with Crippen LogP contribution in [0.25, 0.3) is 0 Å². The van der Waals surface area contributed by atoms with Gasteiger partial charge in [0.1, 0.15) is 18.1 Å². The molecule has 0 spiro atoms. The van der Waals surface area contributed by atoms with Crippen LogP contribution in [0.3, 0.4) is 0 Å². The molecule has 4 unspecified atom stereocenters. The van der Waals surface area contributed by atoms with Crippen LogP contribution in [-0.2, 0) is 30.4 Å². The van der Waals surface area contributed by atoms with E-state index in [-0.39, 0.29) is 31.8 Å². The summed E-state index contributed by atoms with van der Waals surface area (Å²) in [5.74, 6) is -5.94. The Morgan fingerprint density at radius 2 is 1.43 bits per heavy atom. The first kappa shape index (κ1) is 30.8. The molecule has 15 nitrogen and oxygen atoms in total. The number of hydrogen-bond acceptors (Lipinski definition) is 8. The lowest BCUT2D eigenvalue weighted by Gasteiger charge is -2.24. The number of nitrogens with two attached hydrogens (primary N) is 3. The van der Waals surface area contributed by atoms with E-state index in [1.165, 1.54) is 0 Å². The van der Waals surface area contributed by atoms with E-state index in [1.54, 1.807) is 30.3 Å². The summed E-state index contributed by atoms with van der Waals surface area (Å²) in [5.41, 5.74) is 17.3. The van der Waals surface area contributed by atoms with Crippen LogP contribution in [0.5, 0.6) is 0 Å². The Labute approximate surface area is 212 Å². The largest absolute Gasteiger partial charge is 0.481 e. The van der Waals surface area contributed by atoms with Gasteiger partial charge < -0.3 is 48.5 Å². The van der Waals surface area contributed by atoms with E-state index >= 15 is 0 Å². The predicted molar refractivity (Wildman–Crippen MR) is 131 cm³/mol. The van der Waals surface area contributed by atoms with Gasteiger partial charge in [0.05, 0.1) is 19.1 Å². The average molecular weight is 524 g/mol. The maximum Gasteiger partial charge on any atom is 0.328 e. The highest BCUT2D eigenvalue weighted by molar-refractivity contribution is 5.95. The minimum absolute atomic E-state index is 0.00219. The molecule has 0 bridgehead atoms. The van der Waals surface area contributed by atoms with Crippen molar-refractivity contribution in [1.82, 2.24) is 16.0 Å². The molecule has 0 saturated heterocycles. The van der Waals surface area contributed by atoms with E-state index in [0.29, 0.717) is 0 Å². The highest BCUT2D eigenvalue weighted by Crippen LogP contribution is 2.05. The van der Waals surface area contributed by atoms with Gasteiger partial charge in [-0.15, -0.1) is 0 Å². The third-order valence-electron chi connectivity index (χ3n) is 5.02. The normalized spacial score (nSPS) is 13.8. The standard InChI is InChI=1S/C22H33N7O8/c23-13(9-12-5-2-1-3-6-12)18(33)27-14(7-4-8-26-22(24)25)19(34)28-15(10-17(31)32)20(35)29-16(11-30)21(36)37/h1-3,5-6,13-16,30H,4,7-11,23H2,(H,27,33)(H,28,34)(H,29,35)(H,31,32)(H,36,37)(H4,24,25,26). The molecule has 0 aliphatic heterocycles. The first-order chi connectivity index (χ1) is 17.4. The third kappa shape index (κ3) is 11.8. The number of aliphatic carboxylic acids is 2. The minimum atomic E-state index is -1.72. The summed E-state index contributed by atoms with van der Waals surface area (Å²) >= 11 is 0. The van der Waals surface area contributed by atoms with Gasteiger partial charge in [-0.25, -0.2) is 4.79 Å². The highest BCUT2D eigenvalue weighted by Gasteiger charge is 2.31. The van der Waals surface area contributed by atoms with Crippen molar-refractivity contribution in [1.29, 1.82) is 0 Å². The second-order valence-corrected chi connectivity index (χ2v) is 8.05. The number of carboxylic acids is 2. The zero-order valence-corrected chi connectivity index (χ0v) is 20.0. The number of nitrogens with one attached hydrogen (secondary N) is 3. The number of aliphatic imine (C=N–C) groups is 1. The lowest BCUT2D eigenvalue weighted by Crippen LogP contribution is -2.58. The van der Waals surface area contributed by atoms with Gasteiger partial charge in [0.2, 0.25) is 17.7 Å². The van der Waals surface area contributed by atoms with Crippen molar-refractivity contribution in [2.75, 3.05) is 13.2 Å². The minimum Gasteiger partial charge on any atom is -0.481 e. The molecule has 0 radical (unpaired) electrons. The molecule has 0 aliphatic carbocycles. The van der Waals surface area contributed by atoms with Crippen molar-refractivity contribution < 1.29 is 39.3 Å². The lowest BCUT2D eigenvalue weighted by atomic mass is 10.0. The molecule has 0 aromatic heterocycles. The van der Waals surface area contributed by atoms with Crippen LogP contribution in [0.15, 0.2) is 35.3 Å². The molecule has 0 aliphatic rings. The average Bonchev–Trinajstić information content (AvgIpc) is 2.83. The number of benzene rings is 1. The topological polar surface area (TPSA) is 273 Å². The Morgan fingerprint density at radius 1 is 0.865 bits per heavy atom. The number of rotatable bonds is 16.